The Balaban J connectivity index is 1.84. The van der Waals surface area contributed by atoms with Gasteiger partial charge in [-0.15, -0.1) is 0 Å². The SMILES string of the molecule is CCOC(=O)c1ccc(NCC(=O)N(C)Cc2ccccc2)cc1. The van der Waals surface area contributed by atoms with Crippen LogP contribution in [0.5, 0.6) is 0 Å². The van der Waals surface area contributed by atoms with Crippen LogP contribution in [0.4, 0.5) is 5.69 Å². The number of esters is 1. The van der Waals surface area contributed by atoms with Crippen LogP contribution in [0.15, 0.2) is 54.6 Å². The van der Waals surface area contributed by atoms with Gasteiger partial charge in [-0.1, -0.05) is 30.3 Å². The van der Waals surface area contributed by atoms with Gasteiger partial charge in [0, 0.05) is 19.3 Å². The van der Waals surface area contributed by atoms with Crippen LogP contribution < -0.4 is 5.32 Å². The molecule has 2 aromatic rings. The number of nitrogens with zero attached hydrogens (tertiary/aromatic N) is 1. The first-order chi connectivity index (χ1) is 11.6. The summed E-state index contributed by atoms with van der Waals surface area (Å²) in [6, 6.07) is 16.7. The van der Waals surface area contributed by atoms with E-state index in [2.05, 4.69) is 5.32 Å². The highest BCUT2D eigenvalue weighted by Crippen LogP contribution is 2.11. The molecule has 24 heavy (non-hydrogen) atoms. The molecule has 0 aliphatic carbocycles. The Labute approximate surface area is 142 Å². The second-order valence-electron chi connectivity index (χ2n) is 5.39. The van der Waals surface area contributed by atoms with E-state index in [0.29, 0.717) is 18.7 Å². The van der Waals surface area contributed by atoms with Gasteiger partial charge in [0.1, 0.15) is 0 Å². The van der Waals surface area contributed by atoms with Crippen LogP contribution in [0, 0.1) is 0 Å². The van der Waals surface area contributed by atoms with Crippen LogP contribution in [0.3, 0.4) is 0 Å². The highest BCUT2D eigenvalue weighted by atomic mass is 16.5. The Morgan fingerprint density at radius 3 is 2.33 bits per heavy atom. The maximum atomic E-state index is 12.2. The number of carbonyl (C=O) groups excluding carboxylic acids is 2. The van der Waals surface area contributed by atoms with Crippen molar-refractivity contribution in [1.82, 2.24) is 4.90 Å². The highest BCUT2D eigenvalue weighted by Gasteiger charge is 2.10. The molecule has 5 heteroatoms. The number of hydrogen-bond donors (Lipinski definition) is 1. The van der Waals surface area contributed by atoms with Crippen molar-refractivity contribution in [2.75, 3.05) is 25.5 Å². The minimum atomic E-state index is -0.345. The summed E-state index contributed by atoms with van der Waals surface area (Å²) in [5.74, 6) is -0.351. The third-order valence-corrected chi connectivity index (χ3v) is 3.53. The summed E-state index contributed by atoms with van der Waals surface area (Å²) in [6.07, 6.45) is 0. The number of benzene rings is 2. The zero-order valence-corrected chi connectivity index (χ0v) is 14.0. The first-order valence-electron chi connectivity index (χ1n) is 7.89. The summed E-state index contributed by atoms with van der Waals surface area (Å²) >= 11 is 0. The number of ether oxygens (including phenoxy) is 1. The van der Waals surface area contributed by atoms with Crippen LogP contribution in [-0.2, 0) is 16.1 Å². The maximum Gasteiger partial charge on any atom is 0.338 e. The van der Waals surface area contributed by atoms with Crippen molar-refractivity contribution in [3.8, 4) is 0 Å². The quantitative estimate of drug-likeness (QED) is 0.795. The molecular weight excluding hydrogens is 304 g/mol. The summed E-state index contributed by atoms with van der Waals surface area (Å²) in [6.45, 7) is 2.89. The van der Waals surface area contributed by atoms with Gasteiger partial charge in [-0.2, -0.15) is 0 Å². The zero-order chi connectivity index (χ0) is 17.4. The number of carbonyl (C=O) groups is 2. The smallest absolute Gasteiger partial charge is 0.338 e. The Kier molecular flexibility index (Phi) is 6.37. The van der Waals surface area contributed by atoms with Crippen LogP contribution in [-0.4, -0.2) is 37.0 Å². The van der Waals surface area contributed by atoms with Crippen molar-refractivity contribution in [1.29, 1.82) is 0 Å². The topological polar surface area (TPSA) is 58.6 Å². The molecular formula is C19H22N2O3. The molecule has 0 aromatic heterocycles. The van der Waals surface area contributed by atoms with Crippen molar-refractivity contribution < 1.29 is 14.3 Å². The molecule has 0 aliphatic rings. The summed E-state index contributed by atoms with van der Waals surface area (Å²) in [5.41, 5.74) is 2.37. The maximum absolute atomic E-state index is 12.2. The summed E-state index contributed by atoms with van der Waals surface area (Å²) in [7, 11) is 1.78. The van der Waals surface area contributed by atoms with Gasteiger partial charge in [0.15, 0.2) is 0 Å². The molecule has 2 rings (SSSR count). The van der Waals surface area contributed by atoms with Gasteiger partial charge in [-0.25, -0.2) is 4.79 Å². The number of rotatable bonds is 7. The first kappa shape index (κ1) is 17.5. The van der Waals surface area contributed by atoms with Crippen molar-refractivity contribution in [3.05, 3.63) is 65.7 Å². The van der Waals surface area contributed by atoms with E-state index in [1.807, 2.05) is 30.3 Å². The second-order valence-corrected chi connectivity index (χ2v) is 5.39. The van der Waals surface area contributed by atoms with Crippen LogP contribution >= 0.6 is 0 Å². The molecule has 126 valence electrons. The van der Waals surface area contributed by atoms with Crippen molar-refractivity contribution in [2.45, 2.75) is 13.5 Å². The Bertz CT molecular complexity index is 669. The highest BCUT2D eigenvalue weighted by molar-refractivity contribution is 5.90. The average molecular weight is 326 g/mol. The van der Waals surface area contributed by atoms with E-state index in [0.717, 1.165) is 11.3 Å². The zero-order valence-electron chi connectivity index (χ0n) is 14.0. The molecule has 1 amide bonds. The van der Waals surface area contributed by atoms with Crippen molar-refractivity contribution in [3.63, 3.8) is 0 Å². The van der Waals surface area contributed by atoms with Crippen LogP contribution in [0.1, 0.15) is 22.8 Å². The number of nitrogens with one attached hydrogen (secondary N) is 1. The predicted molar refractivity (Wildman–Crippen MR) is 93.8 cm³/mol. The van der Waals surface area contributed by atoms with Gasteiger partial charge in [-0.05, 0) is 36.8 Å². The standard InChI is InChI=1S/C19H22N2O3/c1-3-24-19(23)16-9-11-17(12-10-16)20-13-18(22)21(2)14-15-7-5-4-6-8-15/h4-12,20H,3,13-14H2,1-2H3. The minimum Gasteiger partial charge on any atom is -0.462 e. The van der Waals surface area contributed by atoms with Gasteiger partial charge in [0.25, 0.3) is 0 Å². The fraction of sp³-hybridized carbons (Fsp3) is 0.263. The molecule has 0 spiro atoms. The fourth-order valence-corrected chi connectivity index (χ4v) is 2.20. The van der Waals surface area contributed by atoms with E-state index in [-0.39, 0.29) is 18.4 Å². The third kappa shape index (κ3) is 5.12. The predicted octanol–water partition coefficient (Wildman–Crippen LogP) is 2.93. The number of anilines is 1. The summed E-state index contributed by atoms with van der Waals surface area (Å²) in [4.78, 5) is 25.4. The lowest BCUT2D eigenvalue weighted by Crippen LogP contribution is -2.31. The molecule has 0 saturated carbocycles. The van der Waals surface area contributed by atoms with E-state index in [9.17, 15) is 9.59 Å². The number of likely N-dealkylation sites (N-methyl/N-ethyl adjacent to an activating group) is 1. The lowest BCUT2D eigenvalue weighted by atomic mass is 10.2. The largest absolute Gasteiger partial charge is 0.462 e. The van der Waals surface area contributed by atoms with Gasteiger partial charge < -0.3 is 15.0 Å². The Hall–Kier alpha value is -2.82. The first-order valence-corrected chi connectivity index (χ1v) is 7.89. The fourth-order valence-electron chi connectivity index (χ4n) is 2.20. The minimum absolute atomic E-state index is 0.00618. The molecule has 0 radical (unpaired) electrons. The van der Waals surface area contributed by atoms with E-state index in [1.165, 1.54) is 0 Å². The number of hydrogen-bond acceptors (Lipinski definition) is 4. The Morgan fingerprint density at radius 2 is 1.71 bits per heavy atom. The second kappa shape index (κ2) is 8.72. The molecule has 2 aromatic carbocycles. The number of amides is 1. The van der Waals surface area contributed by atoms with Gasteiger partial charge in [-0.3, -0.25) is 4.79 Å². The van der Waals surface area contributed by atoms with Gasteiger partial charge in [0.2, 0.25) is 5.91 Å². The Morgan fingerprint density at radius 1 is 1.04 bits per heavy atom. The molecule has 5 nitrogen and oxygen atoms in total. The van der Waals surface area contributed by atoms with E-state index >= 15 is 0 Å². The van der Waals surface area contributed by atoms with Crippen molar-refractivity contribution >= 4 is 17.6 Å². The summed E-state index contributed by atoms with van der Waals surface area (Å²) < 4.78 is 4.93. The van der Waals surface area contributed by atoms with Crippen LogP contribution in [0.2, 0.25) is 0 Å². The lowest BCUT2D eigenvalue weighted by Gasteiger charge is -2.18. The molecule has 0 fully saturated rings. The van der Waals surface area contributed by atoms with Gasteiger partial charge in [0.05, 0.1) is 18.7 Å². The molecule has 0 atom stereocenters. The molecule has 0 heterocycles. The summed E-state index contributed by atoms with van der Waals surface area (Å²) in [5, 5.41) is 3.07. The monoisotopic (exact) mass is 326 g/mol. The van der Waals surface area contributed by atoms with Crippen LogP contribution in [0.25, 0.3) is 0 Å². The molecule has 0 aliphatic heterocycles. The van der Waals surface area contributed by atoms with Crippen molar-refractivity contribution in [2.24, 2.45) is 0 Å². The van der Waals surface area contributed by atoms with E-state index < -0.39 is 0 Å². The van der Waals surface area contributed by atoms with Gasteiger partial charge >= 0.3 is 5.97 Å². The van der Waals surface area contributed by atoms with E-state index in [1.54, 1.807) is 43.1 Å². The lowest BCUT2D eigenvalue weighted by molar-refractivity contribution is -0.128. The average Bonchev–Trinajstić information content (AvgIpc) is 2.61. The molecule has 0 saturated heterocycles. The molecule has 1 N–H and O–H groups in total. The molecule has 0 bridgehead atoms. The third-order valence-electron chi connectivity index (χ3n) is 3.53. The molecule has 0 unspecified atom stereocenters. The van der Waals surface area contributed by atoms with E-state index in [4.69, 9.17) is 4.74 Å². The normalized spacial score (nSPS) is 10.1.